The second-order valence-corrected chi connectivity index (χ2v) is 8.63. The summed E-state index contributed by atoms with van der Waals surface area (Å²) < 4.78 is 16.5. The monoisotopic (exact) mass is 488 g/mol. The lowest BCUT2D eigenvalue weighted by atomic mass is 9.90. The van der Waals surface area contributed by atoms with Gasteiger partial charge < -0.3 is 14.2 Å². The number of hydrogen-bond donors (Lipinski definition) is 0. The molecule has 0 aliphatic carbocycles. The Morgan fingerprint density at radius 1 is 0.833 bits per heavy atom. The van der Waals surface area contributed by atoms with Gasteiger partial charge in [-0.2, -0.15) is 0 Å². The number of imide groups is 1. The number of fused-ring (bicyclic) bond motifs is 1. The van der Waals surface area contributed by atoms with E-state index in [2.05, 4.69) is 0 Å². The number of anilines is 2. The average Bonchev–Trinajstić information content (AvgIpc) is 3.43. The topological polar surface area (TPSA) is 77.5 Å². The molecule has 3 atom stereocenters. The number of methoxy groups -OCH3 is 2. The summed E-state index contributed by atoms with van der Waals surface area (Å²) in [5.41, 5.74) is 2.01. The van der Waals surface area contributed by atoms with Gasteiger partial charge in [0.15, 0.2) is 17.6 Å². The molecule has 0 aromatic heterocycles. The van der Waals surface area contributed by atoms with Gasteiger partial charge in [0.2, 0.25) is 5.91 Å². The lowest BCUT2D eigenvalue weighted by Gasteiger charge is -2.29. The minimum absolute atomic E-state index is 0.314. The Morgan fingerprint density at radius 2 is 1.56 bits per heavy atom. The van der Waals surface area contributed by atoms with Crippen molar-refractivity contribution >= 4 is 23.2 Å². The number of carbonyl (C=O) groups is 2. The fourth-order valence-corrected chi connectivity index (χ4v) is 4.75. The molecular weight excluding hydrogens is 460 g/mol. The molecule has 2 amide bonds. The summed E-state index contributed by atoms with van der Waals surface area (Å²) in [5.74, 6) is 0.342. The Labute approximate surface area is 209 Å². The molecule has 3 aromatic rings. The number of ether oxygens (including phenoxy) is 3. The number of amides is 2. The fraction of sp³-hybridized carbons (Fsp3) is 0.286. The van der Waals surface area contributed by atoms with Gasteiger partial charge in [-0.1, -0.05) is 31.2 Å². The predicted molar refractivity (Wildman–Crippen MR) is 134 cm³/mol. The second-order valence-electron chi connectivity index (χ2n) is 8.63. The molecule has 0 radical (unpaired) electrons. The molecule has 2 fully saturated rings. The Kier molecular flexibility index (Phi) is 6.52. The molecule has 8 heteroatoms. The Balaban J connectivity index is 1.52. The van der Waals surface area contributed by atoms with E-state index in [1.165, 1.54) is 4.90 Å². The van der Waals surface area contributed by atoms with E-state index in [0.29, 0.717) is 29.5 Å². The lowest BCUT2D eigenvalue weighted by molar-refractivity contribution is -0.126. The van der Waals surface area contributed by atoms with Gasteiger partial charge in [0, 0.05) is 0 Å². The minimum Gasteiger partial charge on any atom is -0.494 e. The van der Waals surface area contributed by atoms with Crippen LogP contribution >= 0.6 is 0 Å². The Bertz CT molecular complexity index is 1250. The van der Waals surface area contributed by atoms with Crippen molar-refractivity contribution in [2.24, 2.45) is 5.92 Å². The zero-order valence-electron chi connectivity index (χ0n) is 20.4. The average molecular weight is 489 g/mol. The van der Waals surface area contributed by atoms with E-state index < -0.39 is 24.0 Å². The molecule has 2 aliphatic rings. The molecule has 3 aromatic carbocycles. The van der Waals surface area contributed by atoms with Crippen molar-refractivity contribution in [3.8, 4) is 17.2 Å². The number of nitrogens with zero attached hydrogens (tertiary/aromatic N) is 2. The summed E-state index contributed by atoms with van der Waals surface area (Å²) in [7, 11) is 3.13. The maximum atomic E-state index is 13.8. The molecule has 5 rings (SSSR count). The van der Waals surface area contributed by atoms with Crippen LogP contribution in [0.5, 0.6) is 17.2 Å². The number of para-hydroxylation sites is 1. The molecular formula is C28H28N2O6. The highest BCUT2D eigenvalue weighted by Gasteiger charge is 2.60. The van der Waals surface area contributed by atoms with Gasteiger partial charge in [0.25, 0.3) is 5.91 Å². The molecule has 2 aliphatic heterocycles. The standard InChI is InChI=1S/C28H28N2O6/c1-4-16-35-21-13-11-19(12-14-21)29-27(31)24-25(18-10-15-22(33-2)23(17-18)34-3)30(36-26(24)28(29)32)20-8-6-5-7-9-20/h5-15,17,24-26H,4,16H2,1-3H3/t24-,25+,26+/m0/s1. The number of rotatable bonds is 8. The van der Waals surface area contributed by atoms with Gasteiger partial charge in [0.05, 0.1) is 38.2 Å². The van der Waals surface area contributed by atoms with Gasteiger partial charge in [-0.3, -0.25) is 14.4 Å². The first-order valence-electron chi connectivity index (χ1n) is 11.9. The lowest BCUT2D eigenvalue weighted by Crippen LogP contribution is -2.37. The summed E-state index contributed by atoms with van der Waals surface area (Å²) in [5, 5.41) is 1.66. The van der Waals surface area contributed by atoms with Gasteiger partial charge in [-0.05, 0) is 60.5 Å². The molecule has 0 unspecified atom stereocenters. The second kappa shape index (κ2) is 9.91. The smallest absolute Gasteiger partial charge is 0.266 e. The zero-order chi connectivity index (χ0) is 25.2. The van der Waals surface area contributed by atoms with E-state index >= 15 is 0 Å². The van der Waals surface area contributed by atoms with E-state index in [4.69, 9.17) is 19.0 Å². The zero-order valence-corrected chi connectivity index (χ0v) is 20.4. The van der Waals surface area contributed by atoms with Crippen molar-refractivity contribution in [1.29, 1.82) is 0 Å². The highest BCUT2D eigenvalue weighted by Crippen LogP contribution is 2.48. The minimum atomic E-state index is -0.952. The molecule has 2 heterocycles. The number of carbonyl (C=O) groups excluding carboxylic acids is 2. The third-order valence-corrected chi connectivity index (χ3v) is 6.44. The van der Waals surface area contributed by atoms with Crippen molar-refractivity contribution in [2.45, 2.75) is 25.5 Å². The largest absolute Gasteiger partial charge is 0.494 e. The number of hydroxylamine groups is 1. The van der Waals surface area contributed by atoms with Crippen LogP contribution in [0.2, 0.25) is 0 Å². The van der Waals surface area contributed by atoms with E-state index in [1.54, 1.807) is 49.6 Å². The number of benzene rings is 3. The van der Waals surface area contributed by atoms with Crippen LogP contribution in [0.3, 0.4) is 0 Å². The Morgan fingerprint density at radius 3 is 2.22 bits per heavy atom. The highest BCUT2D eigenvalue weighted by atomic mass is 16.7. The molecule has 186 valence electrons. The van der Waals surface area contributed by atoms with Crippen molar-refractivity contribution in [1.82, 2.24) is 0 Å². The molecule has 0 saturated carbocycles. The Hall–Kier alpha value is -4.04. The van der Waals surface area contributed by atoms with Crippen LogP contribution in [0.25, 0.3) is 0 Å². The summed E-state index contributed by atoms with van der Waals surface area (Å²) in [6, 6.07) is 21.4. The molecule has 0 bridgehead atoms. The number of hydrogen-bond acceptors (Lipinski definition) is 7. The molecule has 0 spiro atoms. The maximum absolute atomic E-state index is 13.8. The van der Waals surface area contributed by atoms with Crippen LogP contribution in [-0.4, -0.2) is 38.7 Å². The van der Waals surface area contributed by atoms with Crippen LogP contribution in [0, 0.1) is 5.92 Å². The SMILES string of the molecule is CCCOc1ccc(N2C(=O)[C@H]3[C@@H](c4ccc(OC)c(OC)c4)N(c4ccccc4)O[C@H]3C2=O)cc1. The van der Waals surface area contributed by atoms with E-state index in [0.717, 1.165) is 17.7 Å². The van der Waals surface area contributed by atoms with Crippen LogP contribution in [-0.2, 0) is 14.4 Å². The van der Waals surface area contributed by atoms with E-state index in [-0.39, 0.29) is 5.91 Å². The molecule has 0 N–H and O–H groups in total. The summed E-state index contributed by atoms with van der Waals surface area (Å²) >= 11 is 0. The van der Waals surface area contributed by atoms with Crippen LogP contribution < -0.4 is 24.2 Å². The van der Waals surface area contributed by atoms with Crippen LogP contribution in [0.4, 0.5) is 11.4 Å². The summed E-state index contributed by atoms with van der Waals surface area (Å²) in [6.45, 7) is 2.63. The summed E-state index contributed by atoms with van der Waals surface area (Å²) in [6.07, 6.45) is -0.0621. The maximum Gasteiger partial charge on any atom is 0.266 e. The van der Waals surface area contributed by atoms with Gasteiger partial charge in [-0.25, -0.2) is 9.96 Å². The normalized spacial score (nSPS) is 21.0. The first-order valence-corrected chi connectivity index (χ1v) is 11.9. The van der Waals surface area contributed by atoms with Crippen molar-refractivity contribution < 1.29 is 28.6 Å². The van der Waals surface area contributed by atoms with E-state index in [1.807, 2.05) is 49.4 Å². The quantitative estimate of drug-likeness (QED) is 0.431. The first kappa shape index (κ1) is 23.7. The highest BCUT2D eigenvalue weighted by molar-refractivity contribution is 6.23. The predicted octanol–water partition coefficient (Wildman–Crippen LogP) is 4.54. The van der Waals surface area contributed by atoms with Gasteiger partial charge in [0.1, 0.15) is 11.7 Å². The van der Waals surface area contributed by atoms with Crippen LogP contribution in [0.1, 0.15) is 24.9 Å². The fourth-order valence-electron chi connectivity index (χ4n) is 4.75. The molecule has 2 saturated heterocycles. The van der Waals surface area contributed by atoms with Gasteiger partial charge in [-0.15, -0.1) is 0 Å². The first-order chi connectivity index (χ1) is 17.6. The van der Waals surface area contributed by atoms with Crippen molar-refractivity contribution in [2.75, 3.05) is 30.8 Å². The molecule has 36 heavy (non-hydrogen) atoms. The third kappa shape index (κ3) is 4.03. The van der Waals surface area contributed by atoms with Crippen molar-refractivity contribution in [3.05, 3.63) is 78.4 Å². The van der Waals surface area contributed by atoms with E-state index in [9.17, 15) is 9.59 Å². The third-order valence-electron chi connectivity index (χ3n) is 6.44. The molecule has 8 nitrogen and oxygen atoms in total. The van der Waals surface area contributed by atoms with Gasteiger partial charge >= 0.3 is 0 Å². The summed E-state index contributed by atoms with van der Waals surface area (Å²) in [4.78, 5) is 34.7. The van der Waals surface area contributed by atoms with Crippen molar-refractivity contribution in [3.63, 3.8) is 0 Å². The van der Waals surface area contributed by atoms with Crippen LogP contribution in [0.15, 0.2) is 72.8 Å².